The van der Waals surface area contributed by atoms with Gasteiger partial charge in [0.1, 0.15) is 17.5 Å². The van der Waals surface area contributed by atoms with Crippen LogP contribution in [0, 0.1) is 5.82 Å². The fraction of sp³-hybridized carbons (Fsp3) is 0.353. The monoisotopic (exact) mass is 296 g/mol. The van der Waals surface area contributed by atoms with E-state index >= 15 is 0 Å². The summed E-state index contributed by atoms with van der Waals surface area (Å²) in [7, 11) is 0. The molecule has 22 heavy (non-hydrogen) atoms. The number of nitrogens with zero attached hydrogens (tertiary/aromatic N) is 4. The summed E-state index contributed by atoms with van der Waals surface area (Å²) in [6.45, 7) is 5.04. The fourth-order valence-corrected chi connectivity index (χ4v) is 3.03. The molecule has 1 aromatic carbocycles. The second-order valence-electron chi connectivity index (χ2n) is 6.09. The van der Waals surface area contributed by atoms with E-state index in [2.05, 4.69) is 19.5 Å². The number of aryl methyl sites for hydroxylation is 2. The minimum atomic E-state index is -0.273. The van der Waals surface area contributed by atoms with Gasteiger partial charge < -0.3 is 4.57 Å². The maximum Gasteiger partial charge on any atom is 0.133 e. The van der Waals surface area contributed by atoms with Gasteiger partial charge in [0.25, 0.3) is 0 Å². The highest BCUT2D eigenvalue weighted by Gasteiger charge is 2.18. The summed E-state index contributed by atoms with van der Waals surface area (Å²) in [6.07, 6.45) is 5.48. The second-order valence-corrected chi connectivity index (χ2v) is 6.09. The van der Waals surface area contributed by atoms with Crippen LogP contribution in [0.3, 0.4) is 0 Å². The van der Waals surface area contributed by atoms with E-state index in [-0.39, 0.29) is 11.7 Å². The maximum atomic E-state index is 14.4. The molecule has 0 spiro atoms. The van der Waals surface area contributed by atoms with Crippen LogP contribution < -0.4 is 0 Å². The zero-order valence-electron chi connectivity index (χ0n) is 12.7. The van der Waals surface area contributed by atoms with E-state index < -0.39 is 0 Å². The van der Waals surface area contributed by atoms with Crippen molar-refractivity contribution in [3.05, 3.63) is 42.0 Å². The van der Waals surface area contributed by atoms with Gasteiger partial charge in [0.05, 0.1) is 11.0 Å². The van der Waals surface area contributed by atoms with Crippen molar-refractivity contribution in [3.8, 4) is 11.1 Å². The number of hydrogen-bond donors (Lipinski definition) is 0. The van der Waals surface area contributed by atoms with Crippen LogP contribution in [0.5, 0.6) is 0 Å². The van der Waals surface area contributed by atoms with Crippen molar-refractivity contribution in [1.82, 2.24) is 19.5 Å². The van der Waals surface area contributed by atoms with E-state index in [1.165, 1.54) is 6.07 Å². The zero-order chi connectivity index (χ0) is 15.3. The minimum absolute atomic E-state index is 0.263. The summed E-state index contributed by atoms with van der Waals surface area (Å²) >= 11 is 0. The van der Waals surface area contributed by atoms with Crippen LogP contribution in [-0.2, 0) is 13.0 Å². The van der Waals surface area contributed by atoms with Crippen molar-refractivity contribution in [3.63, 3.8) is 0 Å². The molecule has 0 atom stereocenters. The molecule has 1 aliphatic heterocycles. The highest BCUT2D eigenvalue weighted by molar-refractivity contribution is 5.83. The average molecular weight is 296 g/mol. The molecule has 0 saturated carbocycles. The Hall–Kier alpha value is -2.30. The first-order valence-corrected chi connectivity index (χ1v) is 7.64. The number of benzene rings is 1. The largest absolute Gasteiger partial charge is 0.328 e. The third-order valence-corrected chi connectivity index (χ3v) is 4.20. The average Bonchev–Trinajstić information content (AvgIpc) is 3.07. The summed E-state index contributed by atoms with van der Waals surface area (Å²) < 4.78 is 16.6. The predicted molar refractivity (Wildman–Crippen MR) is 83.1 cm³/mol. The molecule has 0 radical (unpaired) electrons. The maximum absolute atomic E-state index is 14.4. The van der Waals surface area contributed by atoms with E-state index in [0.29, 0.717) is 11.1 Å². The Labute approximate surface area is 128 Å². The standard InChI is InChI=1S/C17H17FN4/c1-10(2)17-19-8-11(9-20-17)12-6-15-14(7-13(12)18)21-16-4-3-5-22(15)16/h6-10H,3-5H2,1-2H3. The van der Waals surface area contributed by atoms with Crippen molar-refractivity contribution in [1.29, 1.82) is 0 Å². The molecule has 0 N–H and O–H groups in total. The van der Waals surface area contributed by atoms with Gasteiger partial charge in [-0.3, -0.25) is 0 Å². The molecule has 2 aromatic heterocycles. The minimum Gasteiger partial charge on any atom is -0.328 e. The number of aromatic nitrogens is 4. The SMILES string of the molecule is CC(C)c1ncc(-c2cc3c(cc2F)nc2n3CCC2)cn1. The van der Waals surface area contributed by atoms with Crippen molar-refractivity contribution in [2.45, 2.75) is 39.2 Å². The third kappa shape index (κ3) is 2.00. The first-order chi connectivity index (χ1) is 10.6. The molecule has 0 saturated heterocycles. The van der Waals surface area contributed by atoms with Crippen LogP contribution in [0.25, 0.3) is 22.2 Å². The van der Waals surface area contributed by atoms with Gasteiger partial charge in [-0.15, -0.1) is 0 Å². The summed E-state index contributed by atoms with van der Waals surface area (Å²) in [5, 5.41) is 0. The Morgan fingerprint density at radius 2 is 1.95 bits per heavy atom. The van der Waals surface area contributed by atoms with Crippen LogP contribution in [-0.4, -0.2) is 19.5 Å². The van der Waals surface area contributed by atoms with E-state index in [4.69, 9.17) is 0 Å². The molecule has 0 aliphatic carbocycles. The fourth-order valence-electron chi connectivity index (χ4n) is 3.03. The van der Waals surface area contributed by atoms with Gasteiger partial charge in [-0.05, 0) is 12.5 Å². The first kappa shape index (κ1) is 13.4. The lowest BCUT2D eigenvalue weighted by atomic mass is 10.1. The van der Waals surface area contributed by atoms with Crippen molar-refractivity contribution in [2.75, 3.05) is 0 Å². The lowest BCUT2D eigenvalue weighted by Gasteiger charge is -2.07. The van der Waals surface area contributed by atoms with E-state index in [1.54, 1.807) is 12.4 Å². The van der Waals surface area contributed by atoms with Gasteiger partial charge in [0, 0.05) is 48.5 Å². The van der Waals surface area contributed by atoms with Gasteiger partial charge in [0.15, 0.2) is 0 Å². The van der Waals surface area contributed by atoms with E-state index in [9.17, 15) is 4.39 Å². The smallest absolute Gasteiger partial charge is 0.133 e. The first-order valence-electron chi connectivity index (χ1n) is 7.64. The lowest BCUT2D eigenvalue weighted by molar-refractivity contribution is 0.632. The van der Waals surface area contributed by atoms with Gasteiger partial charge in [-0.25, -0.2) is 19.3 Å². The van der Waals surface area contributed by atoms with Crippen LogP contribution in [0.2, 0.25) is 0 Å². The highest BCUT2D eigenvalue weighted by atomic mass is 19.1. The summed E-state index contributed by atoms with van der Waals surface area (Å²) in [5.74, 6) is 1.82. The number of rotatable bonds is 2. The number of hydrogen-bond acceptors (Lipinski definition) is 3. The van der Waals surface area contributed by atoms with Crippen molar-refractivity contribution < 1.29 is 4.39 Å². The molecule has 112 valence electrons. The normalized spacial score (nSPS) is 14.0. The van der Waals surface area contributed by atoms with Crippen molar-refractivity contribution >= 4 is 11.0 Å². The molecule has 3 aromatic rings. The van der Waals surface area contributed by atoms with Gasteiger partial charge in [-0.1, -0.05) is 13.8 Å². The highest BCUT2D eigenvalue weighted by Crippen LogP contribution is 2.30. The third-order valence-electron chi connectivity index (χ3n) is 4.20. The molecule has 0 bridgehead atoms. The van der Waals surface area contributed by atoms with Gasteiger partial charge in [0.2, 0.25) is 0 Å². The summed E-state index contributed by atoms with van der Waals surface area (Å²) in [6, 6.07) is 3.40. The van der Waals surface area contributed by atoms with Crippen LogP contribution in [0.4, 0.5) is 4.39 Å². The molecular formula is C17H17FN4. The molecule has 3 heterocycles. The summed E-state index contributed by atoms with van der Waals surface area (Å²) in [5.41, 5.74) is 2.97. The van der Waals surface area contributed by atoms with Crippen LogP contribution in [0.1, 0.15) is 37.8 Å². The Morgan fingerprint density at radius 3 is 2.68 bits per heavy atom. The molecule has 1 aliphatic rings. The number of fused-ring (bicyclic) bond motifs is 3. The molecule has 4 nitrogen and oxygen atoms in total. The van der Waals surface area contributed by atoms with Crippen molar-refractivity contribution in [2.24, 2.45) is 0 Å². The summed E-state index contributed by atoms with van der Waals surface area (Å²) in [4.78, 5) is 13.2. The zero-order valence-corrected chi connectivity index (χ0v) is 12.7. The Morgan fingerprint density at radius 1 is 1.18 bits per heavy atom. The lowest BCUT2D eigenvalue weighted by Crippen LogP contribution is -1.98. The molecule has 5 heteroatoms. The Kier molecular flexibility index (Phi) is 2.96. The number of halogens is 1. The molecule has 0 unspecified atom stereocenters. The molecule has 0 fully saturated rings. The van der Waals surface area contributed by atoms with E-state index in [1.807, 2.05) is 19.9 Å². The van der Waals surface area contributed by atoms with Crippen LogP contribution >= 0.6 is 0 Å². The molecule has 0 amide bonds. The number of imidazole rings is 1. The topological polar surface area (TPSA) is 43.6 Å². The quantitative estimate of drug-likeness (QED) is 0.724. The molecule has 4 rings (SSSR count). The van der Waals surface area contributed by atoms with Gasteiger partial charge in [-0.2, -0.15) is 0 Å². The Bertz CT molecular complexity index is 849. The second kappa shape index (κ2) is 4.87. The van der Waals surface area contributed by atoms with Crippen LogP contribution in [0.15, 0.2) is 24.5 Å². The predicted octanol–water partition coefficient (Wildman–Crippen LogP) is 3.70. The van der Waals surface area contributed by atoms with Gasteiger partial charge >= 0.3 is 0 Å². The van der Waals surface area contributed by atoms with E-state index in [0.717, 1.165) is 42.1 Å². The Balaban J connectivity index is 1.85. The molecular weight excluding hydrogens is 279 g/mol.